The van der Waals surface area contributed by atoms with Crippen molar-refractivity contribution in [2.24, 2.45) is 22.7 Å². The van der Waals surface area contributed by atoms with Crippen molar-refractivity contribution >= 4 is 5.90 Å². The Hall–Kier alpha value is -3.08. The molecule has 1 N–H and O–H groups in total. The molecule has 2 fully saturated rings. The van der Waals surface area contributed by atoms with E-state index in [4.69, 9.17) is 19.6 Å². The van der Waals surface area contributed by atoms with Crippen LogP contribution in [0.15, 0.2) is 24.3 Å². The molecule has 4 atom stereocenters. The van der Waals surface area contributed by atoms with E-state index in [0.717, 1.165) is 0 Å². The van der Waals surface area contributed by atoms with Crippen LogP contribution in [0.4, 0.5) is 0 Å². The molecule has 3 rings (SSSR count). The normalized spacial score (nSPS) is 32.7. The highest BCUT2D eigenvalue weighted by Crippen LogP contribution is 2.66. The van der Waals surface area contributed by atoms with Gasteiger partial charge in [0.15, 0.2) is 10.8 Å². The number of fused-ring (bicyclic) bond motifs is 2. The summed E-state index contributed by atoms with van der Waals surface area (Å²) in [7, 11) is 1.56. The van der Waals surface area contributed by atoms with Crippen LogP contribution >= 0.6 is 0 Å². The van der Waals surface area contributed by atoms with Gasteiger partial charge in [0.25, 0.3) is 0 Å². The van der Waals surface area contributed by atoms with Gasteiger partial charge in [-0.1, -0.05) is 20.8 Å². The minimum atomic E-state index is -1.84. The van der Waals surface area contributed by atoms with E-state index in [9.17, 15) is 15.8 Å². The van der Waals surface area contributed by atoms with Gasteiger partial charge in [0.2, 0.25) is 11.7 Å². The quantitative estimate of drug-likeness (QED) is 0.855. The standard InChI is InChI=1S/C21H22N4O3/c1-13(2)9-17-19(10-22,11-23)20(12-24)14(3)21(27-17,28-18(20)25)15-5-7-16(26-4)8-6-15/h5-8,13-14,17,25H,9H2,1-4H3. The highest BCUT2D eigenvalue weighted by molar-refractivity contribution is 5.89. The molecule has 2 heterocycles. The zero-order valence-electron chi connectivity index (χ0n) is 16.3. The van der Waals surface area contributed by atoms with Crippen LogP contribution < -0.4 is 4.74 Å². The van der Waals surface area contributed by atoms with E-state index < -0.39 is 34.5 Å². The van der Waals surface area contributed by atoms with Crippen LogP contribution in [0.2, 0.25) is 0 Å². The molecular weight excluding hydrogens is 356 g/mol. The molecule has 4 unspecified atom stereocenters. The summed E-state index contributed by atoms with van der Waals surface area (Å²) in [6.45, 7) is 5.60. The van der Waals surface area contributed by atoms with Crippen molar-refractivity contribution in [3.05, 3.63) is 29.8 Å². The fraction of sp³-hybridized carbons (Fsp3) is 0.524. The number of nitrogens with one attached hydrogen (secondary N) is 1. The molecule has 0 saturated carbocycles. The Labute approximate surface area is 164 Å². The number of benzene rings is 1. The summed E-state index contributed by atoms with van der Waals surface area (Å²) in [6, 6.07) is 13.2. The molecule has 0 aromatic heterocycles. The number of ether oxygens (including phenoxy) is 3. The maximum Gasteiger partial charge on any atom is 0.243 e. The van der Waals surface area contributed by atoms with Crippen LogP contribution in [-0.4, -0.2) is 19.1 Å². The number of hydrogen-bond donors (Lipinski definition) is 1. The van der Waals surface area contributed by atoms with Crippen molar-refractivity contribution in [2.75, 3.05) is 7.11 Å². The van der Waals surface area contributed by atoms with Crippen LogP contribution in [0.1, 0.15) is 32.8 Å². The molecule has 7 heteroatoms. The van der Waals surface area contributed by atoms with Crippen molar-refractivity contribution in [1.29, 1.82) is 21.2 Å². The van der Waals surface area contributed by atoms with Gasteiger partial charge in [-0.05, 0) is 36.6 Å². The van der Waals surface area contributed by atoms with Gasteiger partial charge >= 0.3 is 0 Å². The Morgan fingerprint density at radius 2 is 1.75 bits per heavy atom. The molecule has 28 heavy (non-hydrogen) atoms. The molecule has 0 radical (unpaired) electrons. The first-order chi connectivity index (χ1) is 13.3. The van der Waals surface area contributed by atoms with E-state index in [1.165, 1.54) is 0 Å². The molecule has 7 nitrogen and oxygen atoms in total. The fourth-order valence-corrected chi connectivity index (χ4v) is 4.44. The summed E-state index contributed by atoms with van der Waals surface area (Å²) in [5.74, 6) is -1.81. The minimum Gasteiger partial charge on any atom is -0.497 e. The largest absolute Gasteiger partial charge is 0.497 e. The average molecular weight is 378 g/mol. The minimum absolute atomic E-state index is 0.108. The van der Waals surface area contributed by atoms with E-state index in [1.54, 1.807) is 38.3 Å². The Bertz CT molecular complexity index is 907. The maximum atomic E-state index is 10.2. The zero-order valence-corrected chi connectivity index (χ0v) is 16.3. The molecule has 2 bridgehead atoms. The van der Waals surface area contributed by atoms with Gasteiger partial charge in [0.1, 0.15) is 5.75 Å². The van der Waals surface area contributed by atoms with Gasteiger partial charge in [-0.25, -0.2) is 0 Å². The van der Waals surface area contributed by atoms with Crippen molar-refractivity contribution in [1.82, 2.24) is 0 Å². The lowest BCUT2D eigenvalue weighted by molar-refractivity contribution is -0.288. The number of nitrogens with zero attached hydrogens (tertiary/aromatic N) is 3. The maximum absolute atomic E-state index is 10.2. The second kappa shape index (κ2) is 6.51. The van der Waals surface area contributed by atoms with E-state index in [2.05, 4.69) is 6.07 Å². The van der Waals surface area contributed by atoms with Crippen LogP contribution in [0, 0.1) is 62.1 Å². The summed E-state index contributed by atoms with van der Waals surface area (Å²) < 4.78 is 17.4. The third-order valence-corrected chi connectivity index (χ3v) is 5.96. The van der Waals surface area contributed by atoms with Crippen molar-refractivity contribution in [3.63, 3.8) is 0 Å². The van der Waals surface area contributed by atoms with Gasteiger partial charge in [-0.15, -0.1) is 0 Å². The third-order valence-electron chi connectivity index (χ3n) is 5.96. The van der Waals surface area contributed by atoms with Crippen molar-refractivity contribution < 1.29 is 14.2 Å². The third kappa shape index (κ3) is 2.19. The summed E-state index contributed by atoms with van der Waals surface area (Å²) in [5, 5.41) is 38.7. The SMILES string of the molecule is COc1ccc(C23OC(=N)C(C#N)(C2C)C(C#N)(C#N)C(CC(C)C)O3)cc1. The highest BCUT2D eigenvalue weighted by Gasteiger charge is 2.79. The molecule has 144 valence electrons. The second-order valence-corrected chi connectivity index (χ2v) is 7.74. The molecular formula is C21H22N4O3. The van der Waals surface area contributed by atoms with Gasteiger partial charge in [-0.2, -0.15) is 15.8 Å². The predicted octanol–water partition coefficient (Wildman–Crippen LogP) is 3.48. The van der Waals surface area contributed by atoms with E-state index >= 15 is 0 Å². The number of methoxy groups -OCH3 is 1. The summed E-state index contributed by atoms with van der Waals surface area (Å²) in [4.78, 5) is 0. The average Bonchev–Trinajstić information content (AvgIpc) is 2.85. The first kappa shape index (κ1) is 19.7. The molecule has 0 spiro atoms. The molecule has 2 aliphatic heterocycles. The van der Waals surface area contributed by atoms with Gasteiger partial charge in [-0.3, -0.25) is 5.41 Å². The number of hydrogen-bond acceptors (Lipinski definition) is 7. The number of nitriles is 3. The molecule has 1 aromatic carbocycles. The van der Waals surface area contributed by atoms with E-state index in [0.29, 0.717) is 17.7 Å². The van der Waals surface area contributed by atoms with Crippen LogP contribution in [0.3, 0.4) is 0 Å². The highest BCUT2D eigenvalue weighted by atomic mass is 16.7. The van der Waals surface area contributed by atoms with Crippen LogP contribution in [-0.2, 0) is 15.3 Å². The van der Waals surface area contributed by atoms with Crippen molar-refractivity contribution in [3.8, 4) is 24.0 Å². The predicted molar refractivity (Wildman–Crippen MR) is 98.7 cm³/mol. The summed E-state index contributed by atoms with van der Waals surface area (Å²) in [5.41, 5.74) is -2.95. The van der Waals surface area contributed by atoms with E-state index in [1.807, 2.05) is 26.0 Å². The monoisotopic (exact) mass is 378 g/mol. The van der Waals surface area contributed by atoms with Crippen LogP contribution in [0.5, 0.6) is 5.75 Å². The lowest BCUT2D eigenvalue weighted by Gasteiger charge is -2.49. The number of rotatable bonds is 4. The van der Waals surface area contributed by atoms with Gasteiger partial charge < -0.3 is 14.2 Å². The smallest absolute Gasteiger partial charge is 0.243 e. The van der Waals surface area contributed by atoms with E-state index in [-0.39, 0.29) is 5.92 Å². The molecule has 1 aromatic rings. The lowest BCUT2D eigenvalue weighted by Crippen LogP contribution is -2.61. The fourth-order valence-electron chi connectivity index (χ4n) is 4.44. The molecule has 0 aliphatic carbocycles. The molecule has 2 saturated heterocycles. The summed E-state index contributed by atoms with van der Waals surface area (Å²) >= 11 is 0. The Kier molecular flexibility index (Phi) is 4.58. The first-order valence-electron chi connectivity index (χ1n) is 9.12. The first-order valence-corrected chi connectivity index (χ1v) is 9.12. The van der Waals surface area contributed by atoms with Gasteiger partial charge in [0, 0.05) is 5.56 Å². The topological polar surface area (TPSA) is 123 Å². The summed E-state index contributed by atoms with van der Waals surface area (Å²) in [6.07, 6.45) is -0.505. The molecule has 0 amide bonds. The second-order valence-electron chi connectivity index (χ2n) is 7.74. The zero-order chi connectivity index (χ0) is 20.7. The lowest BCUT2D eigenvalue weighted by atomic mass is 9.53. The Morgan fingerprint density at radius 3 is 2.21 bits per heavy atom. The Morgan fingerprint density at radius 1 is 1.14 bits per heavy atom. The van der Waals surface area contributed by atoms with Crippen molar-refractivity contribution in [2.45, 2.75) is 39.1 Å². The Balaban J connectivity index is 2.26. The van der Waals surface area contributed by atoms with Gasteiger partial charge in [0.05, 0.1) is 37.3 Å². The van der Waals surface area contributed by atoms with Crippen LogP contribution in [0.25, 0.3) is 0 Å². The molecule has 2 aliphatic rings.